The SMILES string of the molecule is COCCN(CCO)CC(=O)Nc1c(C)cc(C)cc1C. The minimum atomic E-state index is -0.0744. The van der Waals surface area contributed by atoms with Crippen LogP contribution in [0.1, 0.15) is 16.7 Å². The maximum absolute atomic E-state index is 12.2. The van der Waals surface area contributed by atoms with E-state index in [0.29, 0.717) is 19.7 Å². The number of aliphatic hydroxyl groups is 1. The van der Waals surface area contributed by atoms with Crippen molar-refractivity contribution in [1.82, 2.24) is 4.90 Å². The van der Waals surface area contributed by atoms with Gasteiger partial charge in [-0.2, -0.15) is 0 Å². The summed E-state index contributed by atoms with van der Waals surface area (Å²) in [7, 11) is 1.62. The summed E-state index contributed by atoms with van der Waals surface area (Å²) >= 11 is 0. The molecular formula is C16H26N2O3. The molecule has 0 atom stereocenters. The highest BCUT2D eigenvalue weighted by molar-refractivity contribution is 5.93. The highest BCUT2D eigenvalue weighted by Gasteiger charge is 2.12. The van der Waals surface area contributed by atoms with Gasteiger partial charge in [-0.05, 0) is 31.9 Å². The van der Waals surface area contributed by atoms with E-state index in [2.05, 4.69) is 17.4 Å². The molecule has 0 aliphatic carbocycles. The first kappa shape index (κ1) is 17.6. The summed E-state index contributed by atoms with van der Waals surface area (Å²) < 4.78 is 5.01. The monoisotopic (exact) mass is 294 g/mol. The predicted octanol–water partition coefficient (Wildman–Crippen LogP) is 1.49. The minimum absolute atomic E-state index is 0.0274. The van der Waals surface area contributed by atoms with Crippen LogP contribution in [0, 0.1) is 20.8 Å². The highest BCUT2D eigenvalue weighted by atomic mass is 16.5. The summed E-state index contributed by atoms with van der Waals surface area (Å²) in [6.45, 7) is 7.92. The van der Waals surface area contributed by atoms with E-state index in [1.807, 2.05) is 25.7 Å². The molecule has 0 aliphatic rings. The second-order valence-corrected chi connectivity index (χ2v) is 5.31. The number of ether oxygens (including phenoxy) is 1. The van der Waals surface area contributed by atoms with Gasteiger partial charge in [0.2, 0.25) is 5.91 Å². The van der Waals surface area contributed by atoms with Gasteiger partial charge in [-0.3, -0.25) is 9.69 Å². The van der Waals surface area contributed by atoms with Crippen molar-refractivity contribution in [1.29, 1.82) is 0 Å². The summed E-state index contributed by atoms with van der Waals surface area (Å²) in [6, 6.07) is 4.11. The largest absolute Gasteiger partial charge is 0.395 e. The van der Waals surface area contributed by atoms with Gasteiger partial charge in [0.15, 0.2) is 0 Å². The standard InChI is InChI=1S/C16H26N2O3/c1-12-9-13(2)16(14(3)10-12)17-15(20)11-18(5-7-19)6-8-21-4/h9-10,19H,5-8,11H2,1-4H3,(H,17,20). The van der Waals surface area contributed by atoms with Gasteiger partial charge in [0.25, 0.3) is 0 Å². The molecule has 0 fully saturated rings. The van der Waals surface area contributed by atoms with E-state index in [4.69, 9.17) is 9.84 Å². The van der Waals surface area contributed by atoms with Gasteiger partial charge in [-0.1, -0.05) is 17.7 Å². The van der Waals surface area contributed by atoms with Gasteiger partial charge in [0.1, 0.15) is 0 Å². The molecule has 0 unspecified atom stereocenters. The van der Waals surface area contributed by atoms with E-state index in [0.717, 1.165) is 16.8 Å². The van der Waals surface area contributed by atoms with Crippen LogP contribution >= 0.6 is 0 Å². The summed E-state index contributed by atoms with van der Waals surface area (Å²) in [5.41, 5.74) is 4.18. The van der Waals surface area contributed by atoms with Gasteiger partial charge >= 0.3 is 0 Å². The minimum Gasteiger partial charge on any atom is -0.395 e. The smallest absolute Gasteiger partial charge is 0.238 e. The lowest BCUT2D eigenvalue weighted by Gasteiger charge is -2.21. The van der Waals surface area contributed by atoms with Crippen molar-refractivity contribution in [2.24, 2.45) is 0 Å². The van der Waals surface area contributed by atoms with E-state index >= 15 is 0 Å². The molecule has 0 spiro atoms. The van der Waals surface area contributed by atoms with E-state index < -0.39 is 0 Å². The lowest BCUT2D eigenvalue weighted by Crippen LogP contribution is -2.37. The molecule has 0 saturated heterocycles. The summed E-state index contributed by atoms with van der Waals surface area (Å²) in [5, 5.41) is 12.0. The average Bonchev–Trinajstić information content (AvgIpc) is 2.40. The highest BCUT2D eigenvalue weighted by Crippen LogP contribution is 2.21. The topological polar surface area (TPSA) is 61.8 Å². The third-order valence-corrected chi connectivity index (χ3v) is 3.34. The maximum Gasteiger partial charge on any atom is 0.238 e. The zero-order valence-electron chi connectivity index (χ0n) is 13.4. The molecule has 21 heavy (non-hydrogen) atoms. The Morgan fingerprint density at radius 3 is 2.38 bits per heavy atom. The zero-order chi connectivity index (χ0) is 15.8. The fourth-order valence-electron chi connectivity index (χ4n) is 2.39. The summed E-state index contributed by atoms with van der Waals surface area (Å²) in [6.07, 6.45) is 0. The van der Waals surface area contributed by atoms with Crippen molar-refractivity contribution in [3.63, 3.8) is 0 Å². The van der Waals surface area contributed by atoms with E-state index in [1.165, 1.54) is 5.56 Å². The molecule has 0 heterocycles. The van der Waals surface area contributed by atoms with E-state index in [9.17, 15) is 4.79 Å². The molecule has 1 aromatic rings. The van der Waals surface area contributed by atoms with Crippen molar-refractivity contribution in [3.05, 3.63) is 28.8 Å². The van der Waals surface area contributed by atoms with E-state index in [-0.39, 0.29) is 19.1 Å². The molecule has 1 aromatic carbocycles. The fraction of sp³-hybridized carbons (Fsp3) is 0.562. The van der Waals surface area contributed by atoms with Crippen LogP contribution in [-0.2, 0) is 9.53 Å². The van der Waals surface area contributed by atoms with Crippen LogP contribution in [0.2, 0.25) is 0 Å². The Kier molecular flexibility index (Phi) is 7.36. The average molecular weight is 294 g/mol. The second kappa shape index (κ2) is 8.77. The molecule has 1 amide bonds. The van der Waals surface area contributed by atoms with Gasteiger partial charge in [-0.15, -0.1) is 0 Å². The third-order valence-electron chi connectivity index (χ3n) is 3.34. The maximum atomic E-state index is 12.2. The number of methoxy groups -OCH3 is 1. The number of carbonyl (C=O) groups excluding carboxylic acids is 1. The fourth-order valence-corrected chi connectivity index (χ4v) is 2.39. The van der Waals surface area contributed by atoms with Gasteiger partial charge < -0.3 is 15.2 Å². The molecule has 1 rings (SSSR count). The number of hydrogen-bond acceptors (Lipinski definition) is 4. The molecule has 2 N–H and O–H groups in total. The van der Waals surface area contributed by atoms with Crippen molar-refractivity contribution >= 4 is 11.6 Å². The molecule has 0 radical (unpaired) electrons. The first-order valence-electron chi connectivity index (χ1n) is 7.17. The van der Waals surface area contributed by atoms with Crippen molar-refractivity contribution in [2.45, 2.75) is 20.8 Å². The Morgan fingerprint density at radius 2 is 1.86 bits per heavy atom. The van der Waals surface area contributed by atoms with E-state index in [1.54, 1.807) is 7.11 Å². The Balaban J connectivity index is 2.67. The van der Waals surface area contributed by atoms with Crippen LogP contribution in [0.4, 0.5) is 5.69 Å². The normalized spacial score (nSPS) is 11.0. The number of carbonyl (C=O) groups is 1. The molecule has 0 saturated carbocycles. The lowest BCUT2D eigenvalue weighted by atomic mass is 10.1. The van der Waals surface area contributed by atoms with Crippen molar-refractivity contribution < 1.29 is 14.6 Å². The summed E-state index contributed by atoms with van der Waals surface area (Å²) in [5.74, 6) is -0.0744. The number of hydrogen-bond donors (Lipinski definition) is 2. The van der Waals surface area contributed by atoms with Gasteiger partial charge in [0, 0.05) is 25.9 Å². The Hall–Kier alpha value is -1.43. The number of aliphatic hydroxyl groups excluding tert-OH is 1. The lowest BCUT2D eigenvalue weighted by molar-refractivity contribution is -0.117. The third kappa shape index (κ3) is 5.83. The van der Waals surface area contributed by atoms with Gasteiger partial charge in [0.05, 0.1) is 19.8 Å². The first-order chi connectivity index (χ1) is 9.97. The van der Waals surface area contributed by atoms with Crippen LogP contribution < -0.4 is 5.32 Å². The molecule has 0 aliphatic heterocycles. The number of anilines is 1. The number of aryl methyl sites for hydroxylation is 3. The zero-order valence-corrected chi connectivity index (χ0v) is 13.4. The predicted molar refractivity (Wildman–Crippen MR) is 84.7 cm³/mol. The number of amides is 1. The molecular weight excluding hydrogens is 268 g/mol. The molecule has 118 valence electrons. The Bertz CT molecular complexity index is 452. The quantitative estimate of drug-likeness (QED) is 0.762. The first-order valence-corrected chi connectivity index (χ1v) is 7.17. The van der Waals surface area contributed by atoms with Crippen LogP contribution in [0.3, 0.4) is 0 Å². The van der Waals surface area contributed by atoms with Crippen LogP contribution in [0.5, 0.6) is 0 Å². The van der Waals surface area contributed by atoms with Gasteiger partial charge in [-0.25, -0.2) is 0 Å². The van der Waals surface area contributed by atoms with Crippen LogP contribution in [0.25, 0.3) is 0 Å². The van der Waals surface area contributed by atoms with Crippen LogP contribution in [-0.4, -0.2) is 55.9 Å². The molecule has 5 heteroatoms. The van der Waals surface area contributed by atoms with Crippen molar-refractivity contribution in [2.75, 3.05) is 45.3 Å². The summed E-state index contributed by atoms with van der Waals surface area (Å²) in [4.78, 5) is 14.0. The number of benzene rings is 1. The Labute approximate surface area is 126 Å². The molecule has 0 bridgehead atoms. The number of nitrogens with zero attached hydrogens (tertiary/aromatic N) is 1. The number of nitrogens with one attached hydrogen (secondary N) is 1. The number of rotatable bonds is 8. The van der Waals surface area contributed by atoms with Crippen molar-refractivity contribution in [3.8, 4) is 0 Å². The van der Waals surface area contributed by atoms with Crippen LogP contribution in [0.15, 0.2) is 12.1 Å². The second-order valence-electron chi connectivity index (χ2n) is 5.31. The molecule has 0 aromatic heterocycles. The Morgan fingerprint density at radius 1 is 1.24 bits per heavy atom. The molecule has 5 nitrogen and oxygen atoms in total.